The average molecular weight is 496 g/mol. The molecular formula is C23H23ClFNO4S2. The van der Waals surface area contributed by atoms with Crippen LogP contribution in [0.15, 0.2) is 65.6 Å². The summed E-state index contributed by atoms with van der Waals surface area (Å²) in [6.45, 7) is 0.431. The van der Waals surface area contributed by atoms with Gasteiger partial charge in [-0.3, -0.25) is 0 Å². The highest BCUT2D eigenvalue weighted by atomic mass is 35.5. The molecule has 3 rings (SSSR count). The van der Waals surface area contributed by atoms with Crippen LogP contribution in [0, 0.1) is 5.82 Å². The molecule has 170 valence electrons. The molecule has 5 nitrogen and oxygen atoms in total. The number of rotatable bonds is 11. The van der Waals surface area contributed by atoms with E-state index in [2.05, 4.69) is 0 Å². The molecule has 9 heteroatoms. The number of sulfonamides is 1. The summed E-state index contributed by atoms with van der Waals surface area (Å²) in [7, 11) is -4.02. The lowest BCUT2D eigenvalue weighted by molar-refractivity contribution is 0.0702. The van der Waals surface area contributed by atoms with E-state index >= 15 is 0 Å². The van der Waals surface area contributed by atoms with E-state index in [1.165, 1.54) is 33.8 Å². The minimum absolute atomic E-state index is 0.201. The lowest BCUT2D eigenvalue weighted by atomic mass is 10.1. The molecule has 2 aromatic carbocycles. The number of aromatic carboxylic acids is 1. The Hall–Kier alpha value is -2.26. The van der Waals surface area contributed by atoms with Crippen LogP contribution in [0.2, 0.25) is 5.02 Å². The van der Waals surface area contributed by atoms with Crippen molar-refractivity contribution in [3.05, 3.63) is 86.8 Å². The van der Waals surface area contributed by atoms with Gasteiger partial charge in [0.1, 0.15) is 15.6 Å². The van der Waals surface area contributed by atoms with E-state index in [9.17, 15) is 17.6 Å². The van der Waals surface area contributed by atoms with E-state index in [0.29, 0.717) is 30.7 Å². The largest absolute Gasteiger partial charge is 0.477 e. The summed E-state index contributed by atoms with van der Waals surface area (Å²) < 4.78 is 41.9. The number of hydrogen-bond acceptors (Lipinski definition) is 4. The topological polar surface area (TPSA) is 74.7 Å². The molecule has 0 spiro atoms. The number of nitrogens with zero attached hydrogens (tertiary/aromatic N) is 1. The van der Waals surface area contributed by atoms with E-state index < -0.39 is 21.8 Å². The number of benzene rings is 2. The number of carboxylic acid groups (broad SMARTS) is 1. The number of carbonyl (C=O) groups is 1. The number of hydrogen-bond donors (Lipinski definition) is 1. The molecular weight excluding hydrogens is 473 g/mol. The summed E-state index contributed by atoms with van der Waals surface area (Å²) in [5.41, 5.74) is 1.00. The monoisotopic (exact) mass is 495 g/mol. The van der Waals surface area contributed by atoms with E-state index in [1.54, 1.807) is 18.2 Å². The summed E-state index contributed by atoms with van der Waals surface area (Å²) in [6, 6.07) is 16.0. The minimum atomic E-state index is -4.02. The summed E-state index contributed by atoms with van der Waals surface area (Å²) in [5, 5.41) is 9.68. The van der Waals surface area contributed by atoms with Crippen molar-refractivity contribution in [2.24, 2.45) is 0 Å². The number of halogens is 2. The van der Waals surface area contributed by atoms with Crippen molar-refractivity contribution in [2.45, 2.75) is 30.6 Å². The van der Waals surface area contributed by atoms with Gasteiger partial charge in [-0.25, -0.2) is 17.6 Å². The van der Waals surface area contributed by atoms with Crippen molar-refractivity contribution in [1.29, 1.82) is 0 Å². The lowest BCUT2D eigenvalue weighted by Crippen LogP contribution is -2.34. The molecule has 0 aliphatic heterocycles. The zero-order valence-corrected chi connectivity index (χ0v) is 19.6. The first kappa shape index (κ1) is 24.4. The Morgan fingerprint density at radius 2 is 1.72 bits per heavy atom. The van der Waals surface area contributed by atoms with Crippen molar-refractivity contribution in [3.63, 3.8) is 0 Å². The van der Waals surface area contributed by atoms with E-state index in [1.807, 2.05) is 18.2 Å². The highest BCUT2D eigenvalue weighted by Crippen LogP contribution is 2.22. The third kappa shape index (κ3) is 6.38. The van der Waals surface area contributed by atoms with Gasteiger partial charge in [0.25, 0.3) is 0 Å². The smallest absolute Gasteiger partial charge is 0.345 e. The molecule has 0 atom stereocenters. The van der Waals surface area contributed by atoms with Gasteiger partial charge in [0.05, 0.1) is 0 Å². The quantitative estimate of drug-likeness (QED) is 0.381. The minimum Gasteiger partial charge on any atom is -0.477 e. The Balaban J connectivity index is 1.70. The first-order valence-corrected chi connectivity index (χ1v) is 12.7. The molecule has 1 N–H and O–H groups in total. The maximum Gasteiger partial charge on any atom is 0.345 e. The standard InChI is InChI=1S/C23H23ClFNO4S2/c24-18-8-3-6-17(16-18)7-4-14-26(32(29,30)22-11-2-1-10-20(22)25)15-5-9-19-12-13-21(31-19)23(27)28/h1-3,6,8,10-13,16H,4-5,7,9,14-15H2,(H,27,28). The summed E-state index contributed by atoms with van der Waals surface area (Å²) in [6.07, 6.45) is 2.22. The second kappa shape index (κ2) is 11.0. The summed E-state index contributed by atoms with van der Waals surface area (Å²) >= 11 is 7.20. The van der Waals surface area contributed by atoms with Gasteiger partial charge in [-0.15, -0.1) is 11.3 Å². The maximum absolute atomic E-state index is 14.3. The predicted molar refractivity (Wildman–Crippen MR) is 125 cm³/mol. The molecule has 0 radical (unpaired) electrons. The van der Waals surface area contributed by atoms with Gasteiger partial charge in [0.15, 0.2) is 0 Å². The van der Waals surface area contributed by atoms with Gasteiger partial charge >= 0.3 is 5.97 Å². The maximum atomic E-state index is 14.3. The van der Waals surface area contributed by atoms with Crippen molar-refractivity contribution in [3.8, 4) is 0 Å². The molecule has 1 aromatic heterocycles. The SMILES string of the molecule is O=C(O)c1ccc(CCCN(CCCc2cccc(Cl)c2)S(=O)(=O)c2ccccc2F)s1. The third-order valence-corrected chi connectivity index (χ3v) is 8.22. The third-order valence-electron chi connectivity index (χ3n) is 4.92. The highest BCUT2D eigenvalue weighted by Gasteiger charge is 2.26. The van der Waals surface area contributed by atoms with Gasteiger partial charge in [-0.2, -0.15) is 4.31 Å². The Kier molecular flexibility index (Phi) is 8.42. The van der Waals surface area contributed by atoms with Crippen LogP contribution in [0.4, 0.5) is 4.39 Å². The number of aryl methyl sites for hydroxylation is 2. The van der Waals surface area contributed by atoms with Crippen LogP contribution in [0.1, 0.15) is 33.0 Å². The van der Waals surface area contributed by atoms with E-state index in [-0.39, 0.29) is 22.9 Å². The van der Waals surface area contributed by atoms with Crippen molar-refractivity contribution in [2.75, 3.05) is 13.1 Å². The molecule has 1 heterocycles. The molecule has 0 fully saturated rings. The lowest BCUT2D eigenvalue weighted by Gasteiger charge is -2.22. The molecule has 0 unspecified atom stereocenters. The molecule has 3 aromatic rings. The molecule has 32 heavy (non-hydrogen) atoms. The van der Waals surface area contributed by atoms with Crippen LogP contribution < -0.4 is 0 Å². The Labute approximate surface area is 196 Å². The molecule has 0 aliphatic rings. The van der Waals surface area contributed by atoms with E-state index in [0.717, 1.165) is 16.5 Å². The average Bonchev–Trinajstić information content (AvgIpc) is 3.22. The number of carboxylic acids is 1. The van der Waals surface area contributed by atoms with Crippen molar-refractivity contribution >= 4 is 38.9 Å². The van der Waals surface area contributed by atoms with Crippen LogP contribution in [0.5, 0.6) is 0 Å². The molecule has 0 aliphatic carbocycles. The predicted octanol–water partition coefficient (Wildman–Crippen LogP) is 5.50. The zero-order valence-electron chi connectivity index (χ0n) is 17.2. The van der Waals surface area contributed by atoms with Crippen LogP contribution in [0.25, 0.3) is 0 Å². The van der Waals surface area contributed by atoms with Gasteiger partial charge in [0.2, 0.25) is 10.0 Å². The fourth-order valence-electron chi connectivity index (χ4n) is 3.35. The second-order valence-corrected chi connectivity index (χ2v) is 10.8. The van der Waals surface area contributed by atoms with Crippen molar-refractivity contribution in [1.82, 2.24) is 4.31 Å². The number of thiophene rings is 1. The molecule has 0 saturated carbocycles. The van der Waals surface area contributed by atoms with Gasteiger partial charge in [-0.1, -0.05) is 35.9 Å². The fraction of sp³-hybridized carbons (Fsp3) is 0.261. The first-order chi connectivity index (χ1) is 15.3. The van der Waals surface area contributed by atoms with Gasteiger partial charge < -0.3 is 5.11 Å². The second-order valence-electron chi connectivity index (χ2n) is 7.24. The van der Waals surface area contributed by atoms with Crippen LogP contribution in [-0.2, 0) is 22.9 Å². The summed E-state index contributed by atoms with van der Waals surface area (Å²) in [5.74, 6) is -1.76. The van der Waals surface area contributed by atoms with Gasteiger partial charge in [0, 0.05) is 23.0 Å². The Morgan fingerprint density at radius 1 is 1.00 bits per heavy atom. The van der Waals surface area contributed by atoms with Crippen LogP contribution in [0.3, 0.4) is 0 Å². The van der Waals surface area contributed by atoms with Crippen molar-refractivity contribution < 1.29 is 22.7 Å². The molecule has 0 amide bonds. The Morgan fingerprint density at radius 3 is 2.38 bits per heavy atom. The highest BCUT2D eigenvalue weighted by molar-refractivity contribution is 7.89. The fourth-order valence-corrected chi connectivity index (χ4v) is 6.04. The van der Waals surface area contributed by atoms with Crippen LogP contribution in [-0.4, -0.2) is 36.9 Å². The molecule has 0 saturated heterocycles. The molecule has 0 bridgehead atoms. The van der Waals surface area contributed by atoms with E-state index in [4.69, 9.17) is 16.7 Å². The zero-order chi connectivity index (χ0) is 23.1. The summed E-state index contributed by atoms with van der Waals surface area (Å²) in [4.78, 5) is 11.8. The first-order valence-electron chi connectivity index (χ1n) is 10.1. The Bertz CT molecular complexity index is 1180. The normalized spacial score (nSPS) is 11.7. The van der Waals surface area contributed by atoms with Gasteiger partial charge in [-0.05, 0) is 67.6 Å². The van der Waals surface area contributed by atoms with Crippen LogP contribution >= 0.6 is 22.9 Å².